The van der Waals surface area contributed by atoms with Crippen molar-refractivity contribution in [2.75, 3.05) is 18.5 Å². The lowest BCUT2D eigenvalue weighted by Crippen LogP contribution is -2.43. The van der Waals surface area contributed by atoms with E-state index >= 15 is 0 Å². The number of imide groups is 1. The van der Waals surface area contributed by atoms with Crippen LogP contribution in [0.25, 0.3) is 0 Å². The molecule has 1 atom stereocenters. The summed E-state index contributed by atoms with van der Waals surface area (Å²) in [5.41, 5.74) is 5.57. The maximum Gasteiger partial charge on any atom is 0.318 e. The molecular formula is C12H15N3O4. The SMILES string of the molecule is C[C@H](Nc1ccc2c(c1)OCCO2)C(=O)NC(N)=O. The van der Waals surface area contributed by atoms with Gasteiger partial charge in [-0.05, 0) is 19.1 Å². The number of hydrogen-bond donors (Lipinski definition) is 3. The monoisotopic (exact) mass is 265 g/mol. The summed E-state index contributed by atoms with van der Waals surface area (Å²) >= 11 is 0. The van der Waals surface area contributed by atoms with E-state index in [1.807, 2.05) is 5.32 Å². The number of primary amides is 1. The van der Waals surface area contributed by atoms with Crippen LogP contribution in [0.2, 0.25) is 0 Å². The van der Waals surface area contributed by atoms with E-state index in [1.54, 1.807) is 25.1 Å². The van der Waals surface area contributed by atoms with Crippen molar-refractivity contribution >= 4 is 17.6 Å². The van der Waals surface area contributed by atoms with Gasteiger partial charge in [0.05, 0.1) is 0 Å². The van der Waals surface area contributed by atoms with E-state index in [4.69, 9.17) is 15.2 Å². The zero-order valence-corrected chi connectivity index (χ0v) is 10.4. The van der Waals surface area contributed by atoms with Gasteiger partial charge in [-0.1, -0.05) is 0 Å². The first kappa shape index (κ1) is 13.0. The van der Waals surface area contributed by atoms with Gasteiger partial charge in [0.15, 0.2) is 11.5 Å². The van der Waals surface area contributed by atoms with Gasteiger partial charge in [-0.3, -0.25) is 10.1 Å². The van der Waals surface area contributed by atoms with Crippen LogP contribution in [0.15, 0.2) is 18.2 Å². The standard InChI is InChI=1S/C12H15N3O4/c1-7(11(16)15-12(13)17)14-8-2-3-9-10(6-8)19-5-4-18-9/h2-3,6-7,14H,4-5H2,1H3,(H3,13,15,16,17)/t7-/m0/s1. The Hall–Kier alpha value is -2.44. The Morgan fingerprint density at radius 2 is 1.95 bits per heavy atom. The van der Waals surface area contributed by atoms with Crippen LogP contribution in [0.4, 0.5) is 10.5 Å². The Morgan fingerprint density at radius 1 is 1.26 bits per heavy atom. The van der Waals surface area contributed by atoms with E-state index in [2.05, 4.69) is 5.32 Å². The molecule has 4 N–H and O–H groups in total. The number of hydrogen-bond acceptors (Lipinski definition) is 5. The Morgan fingerprint density at radius 3 is 2.63 bits per heavy atom. The van der Waals surface area contributed by atoms with Crippen LogP contribution in [0.3, 0.4) is 0 Å². The van der Waals surface area contributed by atoms with Gasteiger partial charge in [0.1, 0.15) is 19.3 Å². The third-order valence-electron chi connectivity index (χ3n) is 2.57. The largest absolute Gasteiger partial charge is 0.486 e. The van der Waals surface area contributed by atoms with Crippen molar-refractivity contribution in [2.45, 2.75) is 13.0 Å². The van der Waals surface area contributed by atoms with Crippen LogP contribution < -0.4 is 25.8 Å². The zero-order valence-electron chi connectivity index (χ0n) is 10.4. The number of benzene rings is 1. The normalized spacial score (nSPS) is 14.4. The minimum Gasteiger partial charge on any atom is -0.486 e. The van der Waals surface area contributed by atoms with Crippen molar-refractivity contribution in [3.8, 4) is 11.5 Å². The number of urea groups is 1. The highest BCUT2D eigenvalue weighted by Crippen LogP contribution is 2.32. The minimum atomic E-state index is -0.874. The van der Waals surface area contributed by atoms with Gasteiger partial charge in [0, 0.05) is 11.8 Å². The first-order valence-electron chi connectivity index (χ1n) is 5.83. The molecule has 0 spiro atoms. The third-order valence-corrected chi connectivity index (χ3v) is 2.57. The number of carbonyl (C=O) groups excluding carboxylic acids is 2. The van der Waals surface area contributed by atoms with E-state index in [-0.39, 0.29) is 0 Å². The molecule has 0 bridgehead atoms. The van der Waals surface area contributed by atoms with Crippen molar-refractivity contribution < 1.29 is 19.1 Å². The van der Waals surface area contributed by atoms with Crippen molar-refractivity contribution in [3.05, 3.63) is 18.2 Å². The molecule has 1 aliphatic rings. The summed E-state index contributed by atoms with van der Waals surface area (Å²) in [5.74, 6) is 0.798. The van der Waals surface area contributed by atoms with Crippen molar-refractivity contribution in [3.63, 3.8) is 0 Å². The lowest BCUT2D eigenvalue weighted by atomic mass is 10.2. The summed E-state index contributed by atoms with van der Waals surface area (Å²) in [5, 5.41) is 4.95. The molecule has 0 aromatic heterocycles. The van der Waals surface area contributed by atoms with Gasteiger partial charge in [-0.15, -0.1) is 0 Å². The second kappa shape index (κ2) is 5.47. The van der Waals surface area contributed by atoms with Crippen LogP contribution in [0.5, 0.6) is 11.5 Å². The van der Waals surface area contributed by atoms with E-state index in [9.17, 15) is 9.59 Å². The topological polar surface area (TPSA) is 103 Å². The van der Waals surface area contributed by atoms with Crippen LogP contribution in [0, 0.1) is 0 Å². The Bertz CT molecular complexity index is 504. The zero-order chi connectivity index (χ0) is 13.8. The number of nitrogens with one attached hydrogen (secondary N) is 2. The maximum absolute atomic E-state index is 11.5. The molecule has 1 heterocycles. The predicted molar refractivity (Wildman–Crippen MR) is 68.2 cm³/mol. The van der Waals surface area contributed by atoms with Gasteiger partial charge in [0.2, 0.25) is 5.91 Å². The number of anilines is 1. The molecule has 0 saturated heterocycles. The van der Waals surface area contributed by atoms with Gasteiger partial charge < -0.3 is 20.5 Å². The summed E-state index contributed by atoms with van der Waals surface area (Å²) in [6.07, 6.45) is 0. The molecule has 1 aliphatic heterocycles. The van der Waals surface area contributed by atoms with Crippen LogP contribution >= 0.6 is 0 Å². The summed E-state index contributed by atoms with van der Waals surface area (Å²) in [6.45, 7) is 2.64. The number of nitrogens with two attached hydrogens (primary N) is 1. The second-order valence-electron chi connectivity index (χ2n) is 4.08. The van der Waals surface area contributed by atoms with Crippen molar-refractivity contribution in [2.24, 2.45) is 5.73 Å². The van der Waals surface area contributed by atoms with E-state index in [0.29, 0.717) is 30.4 Å². The number of ether oxygens (including phenoxy) is 2. The molecule has 3 amide bonds. The first-order valence-corrected chi connectivity index (χ1v) is 5.83. The Balaban J connectivity index is 2.02. The van der Waals surface area contributed by atoms with E-state index in [1.165, 1.54) is 0 Å². The molecule has 0 unspecified atom stereocenters. The summed E-state index contributed by atoms with van der Waals surface area (Å²) in [7, 11) is 0. The minimum absolute atomic E-state index is 0.494. The third kappa shape index (κ3) is 3.27. The predicted octanol–water partition coefficient (Wildman–Crippen LogP) is 0.453. The molecule has 19 heavy (non-hydrogen) atoms. The number of amides is 3. The first-order chi connectivity index (χ1) is 9.06. The highest BCUT2D eigenvalue weighted by Gasteiger charge is 2.16. The van der Waals surface area contributed by atoms with Gasteiger partial charge in [-0.2, -0.15) is 0 Å². The van der Waals surface area contributed by atoms with Crippen LogP contribution in [-0.2, 0) is 4.79 Å². The molecule has 7 heteroatoms. The van der Waals surface area contributed by atoms with Gasteiger partial charge >= 0.3 is 6.03 Å². The highest BCUT2D eigenvalue weighted by atomic mass is 16.6. The molecular weight excluding hydrogens is 250 g/mol. The lowest BCUT2D eigenvalue weighted by molar-refractivity contribution is -0.120. The molecule has 0 fully saturated rings. The van der Waals surface area contributed by atoms with Crippen molar-refractivity contribution in [1.82, 2.24) is 5.32 Å². The fourth-order valence-electron chi connectivity index (χ4n) is 1.68. The van der Waals surface area contributed by atoms with Crippen molar-refractivity contribution in [1.29, 1.82) is 0 Å². The molecule has 1 aromatic rings. The average Bonchev–Trinajstić information content (AvgIpc) is 2.37. The molecule has 0 aliphatic carbocycles. The summed E-state index contributed by atoms with van der Waals surface area (Å²) in [6, 6.07) is 3.79. The lowest BCUT2D eigenvalue weighted by Gasteiger charge is -2.20. The summed E-state index contributed by atoms with van der Waals surface area (Å²) in [4.78, 5) is 22.1. The maximum atomic E-state index is 11.5. The molecule has 7 nitrogen and oxygen atoms in total. The number of rotatable bonds is 3. The average molecular weight is 265 g/mol. The molecule has 0 radical (unpaired) electrons. The van der Waals surface area contributed by atoms with E-state index in [0.717, 1.165) is 0 Å². The quantitative estimate of drug-likeness (QED) is 0.736. The molecule has 0 saturated carbocycles. The molecule has 2 rings (SSSR count). The van der Waals surface area contributed by atoms with E-state index < -0.39 is 18.0 Å². The van der Waals surface area contributed by atoms with Gasteiger partial charge in [0.25, 0.3) is 0 Å². The fraction of sp³-hybridized carbons (Fsp3) is 0.333. The van der Waals surface area contributed by atoms with Crippen LogP contribution in [-0.4, -0.2) is 31.2 Å². The molecule has 102 valence electrons. The Kier molecular flexibility index (Phi) is 3.74. The van der Waals surface area contributed by atoms with Crippen LogP contribution in [0.1, 0.15) is 6.92 Å². The van der Waals surface area contributed by atoms with Gasteiger partial charge in [-0.25, -0.2) is 4.79 Å². The summed E-state index contributed by atoms with van der Waals surface area (Å²) < 4.78 is 10.8. The second-order valence-corrected chi connectivity index (χ2v) is 4.08. The number of fused-ring (bicyclic) bond motifs is 1. The smallest absolute Gasteiger partial charge is 0.318 e. The fourth-order valence-corrected chi connectivity index (χ4v) is 1.68. The highest BCUT2D eigenvalue weighted by molar-refractivity contribution is 5.97. The Labute approximate surface area is 110 Å². The number of carbonyl (C=O) groups is 2. The molecule has 1 aromatic carbocycles.